The summed E-state index contributed by atoms with van der Waals surface area (Å²) < 4.78 is 81.5. The second-order valence-corrected chi connectivity index (χ2v) is 14.0. The van der Waals surface area contributed by atoms with Crippen LogP contribution in [0.3, 0.4) is 0 Å². The molecule has 3 fully saturated rings. The molecule has 1 unspecified atom stereocenters. The van der Waals surface area contributed by atoms with Gasteiger partial charge < -0.3 is 20.2 Å². The number of nitrogens with zero attached hydrogens (tertiary/aromatic N) is 3. The first-order chi connectivity index (χ1) is 22.3. The minimum Gasteiger partial charge on any atom is -0.369 e. The van der Waals surface area contributed by atoms with Crippen LogP contribution in [-0.4, -0.2) is 82.1 Å². The Morgan fingerprint density at radius 1 is 1.00 bits per heavy atom. The lowest BCUT2D eigenvalue weighted by Crippen LogP contribution is -2.60. The maximum atomic E-state index is 13.6. The van der Waals surface area contributed by atoms with Crippen LogP contribution in [0.2, 0.25) is 0 Å². The Labute approximate surface area is 278 Å². The van der Waals surface area contributed by atoms with Crippen molar-refractivity contribution >= 4 is 41.4 Å². The summed E-state index contributed by atoms with van der Waals surface area (Å²) in [4.78, 5) is 45.2. The van der Waals surface area contributed by atoms with Gasteiger partial charge in [-0.3, -0.25) is 14.5 Å². The van der Waals surface area contributed by atoms with Crippen molar-refractivity contribution < 1.29 is 45.8 Å². The second-order valence-electron chi connectivity index (χ2n) is 12.7. The molecule has 0 radical (unpaired) electrons. The number of carbonyl (C=O) groups excluding carboxylic acids is 3. The molecule has 260 valence electrons. The number of thioether (sulfide) groups is 1. The fraction of sp³-hybridized carbons (Fsp3) is 0.485. The first kappa shape index (κ1) is 35.6. The molecule has 0 spiro atoms. The molecule has 4 amide bonds. The molecule has 15 heteroatoms. The van der Waals surface area contributed by atoms with Crippen molar-refractivity contribution in [3.8, 4) is 0 Å². The van der Waals surface area contributed by atoms with E-state index in [2.05, 4.69) is 5.32 Å². The topological polar surface area (TPSA) is 93.2 Å². The Bertz CT molecular complexity index is 1600. The van der Waals surface area contributed by atoms with E-state index in [0.717, 1.165) is 15.9 Å². The molecule has 1 saturated carbocycles. The highest BCUT2D eigenvalue weighted by atomic mass is 32.2. The van der Waals surface area contributed by atoms with Crippen molar-refractivity contribution in [2.45, 2.75) is 86.3 Å². The highest BCUT2D eigenvalue weighted by Crippen LogP contribution is 2.51. The van der Waals surface area contributed by atoms with Gasteiger partial charge in [-0.1, -0.05) is 30.4 Å². The van der Waals surface area contributed by atoms with E-state index in [0.29, 0.717) is 28.6 Å². The van der Waals surface area contributed by atoms with Crippen molar-refractivity contribution in [3.63, 3.8) is 0 Å². The predicted octanol–water partition coefficient (Wildman–Crippen LogP) is 6.18. The summed E-state index contributed by atoms with van der Waals surface area (Å²) in [6.07, 6.45) is -6.93. The van der Waals surface area contributed by atoms with Gasteiger partial charge in [0.25, 0.3) is 11.5 Å². The maximum Gasteiger partial charge on any atom is 0.430 e. The number of aliphatic hydroxyl groups is 1. The van der Waals surface area contributed by atoms with Gasteiger partial charge in [-0.2, -0.15) is 26.3 Å². The van der Waals surface area contributed by atoms with Gasteiger partial charge in [-0.15, -0.1) is 11.8 Å². The Kier molecular flexibility index (Phi) is 9.36. The van der Waals surface area contributed by atoms with Gasteiger partial charge >= 0.3 is 18.4 Å². The number of hydrogen-bond donors (Lipinski definition) is 2. The zero-order valence-corrected chi connectivity index (χ0v) is 27.5. The van der Waals surface area contributed by atoms with Crippen LogP contribution >= 0.6 is 11.8 Å². The lowest BCUT2D eigenvalue weighted by molar-refractivity contribution is -0.376. The van der Waals surface area contributed by atoms with Gasteiger partial charge in [-0.05, 0) is 75.9 Å². The van der Waals surface area contributed by atoms with Crippen LogP contribution in [0.25, 0.3) is 6.08 Å². The molecule has 5 rings (SSSR count). The lowest BCUT2D eigenvalue weighted by atomic mass is 9.89. The van der Waals surface area contributed by atoms with Gasteiger partial charge in [0.2, 0.25) is 5.91 Å². The smallest absolute Gasteiger partial charge is 0.369 e. The molecule has 3 atom stereocenters. The maximum absolute atomic E-state index is 13.6. The number of urea groups is 1. The van der Waals surface area contributed by atoms with Gasteiger partial charge in [0.05, 0.1) is 0 Å². The number of amides is 4. The highest BCUT2D eigenvalue weighted by Gasteiger charge is 2.71. The molecule has 0 bridgehead atoms. The molecule has 3 aliphatic rings. The minimum absolute atomic E-state index is 0.0125. The third-order valence-electron chi connectivity index (χ3n) is 9.05. The van der Waals surface area contributed by atoms with E-state index >= 15 is 0 Å². The fourth-order valence-electron chi connectivity index (χ4n) is 6.16. The van der Waals surface area contributed by atoms with Crippen molar-refractivity contribution in [2.75, 3.05) is 24.5 Å². The number of carbonyl (C=O) groups is 3. The quantitative estimate of drug-likeness (QED) is 0.253. The molecule has 2 saturated heterocycles. The Balaban J connectivity index is 1.31. The number of alkyl halides is 6. The molecule has 2 N–H and O–H groups in total. The number of rotatable bonds is 8. The SMILES string of the molecule is CC=Cc1cc(C(O)(C(F)(F)F)C(F)(F)F)ccc1N1C[C@@H](C)N(C(=O)CN2C(=O)NC(C)(c3ccc(SC4CC4)cc3)C2=O)C[C@@H]1C. The Morgan fingerprint density at radius 3 is 2.19 bits per heavy atom. The normalized spacial score (nSPS) is 24.1. The number of hydrogen-bond acceptors (Lipinski definition) is 6. The van der Waals surface area contributed by atoms with E-state index in [1.807, 2.05) is 12.1 Å². The average molecular weight is 699 g/mol. The van der Waals surface area contributed by atoms with E-state index in [1.165, 1.54) is 29.9 Å². The zero-order chi connectivity index (χ0) is 35.4. The summed E-state index contributed by atoms with van der Waals surface area (Å²) in [5.41, 5.74) is -6.91. The first-order valence-electron chi connectivity index (χ1n) is 15.4. The van der Waals surface area contributed by atoms with E-state index in [-0.39, 0.29) is 18.7 Å². The second kappa shape index (κ2) is 12.6. The number of piperazine rings is 1. The lowest BCUT2D eigenvalue weighted by Gasteiger charge is -2.46. The van der Waals surface area contributed by atoms with E-state index in [4.69, 9.17) is 0 Å². The van der Waals surface area contributed by atoms with Crippen molar-refractivity contribution in [1.29, 1.82) is 0 Å². The number of halogens is 6. The molecule has 48 heavy (non-hydrogen) atoms. The van der Waals surface area contributed by atoms with Crippen molar-refractivity contribution in [3.05, 3.63) is 65.2 Å². The number of benzene rings is 2. The molecule has 2 aromatic carbocycles. The molecule has 0 aromatic heterocycles. The van der Waals surface area contributed by atoms with Crippen LogP contribution in [0.15, 0.2) is 53.4 Å². The summed E-state index contributed by atoms with van der Waals surface area (Å²) in [6, 6.07) is 8.06. The molecule has 2 aliphatic heterocycles. The third-order valence-corrected chi connectivity index (χ3v) is 10.4. The standard InChI is InChI=1S/C33H36F6N4O4S/c1-5-6-21-15-23(31(47,32(34,35)36)33(37,38)39)9-14-26(21)41-16-20(3)42(17-19(41)2)27(44)18-43-28(45)30(4,40-29(43)46)22-7-10-24(11-8-22)48-25-12-13-25/h5-11,14-15,19-20,25,47H,12-13,16-18H2,1-4H3,(H,40,46)/t19-,20+,30?/m0/s1. The molecule has 2 aromatic rings. The number of allylic oxidation sites excluding steroid dienone is 1. The largest absolute Gasteiger partial charge is 0.430 e. The Morgan fingerprint density at radius 2 is 1.62 bits per heavy atom. The van der Waals surface area contributed by atoms with Crippen LogP contribution in [0, 0.1) is 0 Å². The zero-order valence-electron chi connectivity index (χ0n) is 26.7. The summed E-state index contributed by atoms with van der Waals surface area (Å²) in [6.45, 7) is 6.29. The Hall–Kier alpha value is -3.72. The first-order valence-corrected chi connectivity index (χ1v) is 16.3. The van der Waals surface area contributed by atoms with Crippen molar-refractivity contribution in [2.24, 2.45) is 0 Å². The van der Waals surface area contributed by atoms with Crippen LogP contribution in [-0.2, 0) is 20.7 Å². The predicted molar refractivity (Wildman–Crippen MR) is 168 cm³/mol. The molecular formula is C33H36F6N4O4S. The summed E-state index contributed by atoms with van der Waals surface area (Å²) >= 11 is 1.76. The number of nitrogens with one attached hydrogen (secondary N) is 1. The molecule has 2 heterocycles. The van der Waals surface area contributed by atoms with Gasteiger partial charge in [0.15, 0.2) is 0 Å². The average Bonchev–Trinajstić information content (AvgIpc) is 3.79. The molecule has 8 nitrogen and oxygen atoms in total. The number of anilines is 1. The van der Waals surface area contributed by atoms with Crippen LogP contribution in [0.4, 0.5) is 36.8 Å². The van der Waals surface area contributed by atoms with E-state index in [1.54, 1.807) is 56.5 Å². The minimum atomic E-state index is -6.03. The summed E-state index contributed by atoms with van der Waals surface area (Å²) in [5, 5.41) is 13.3. The molecular weight excluding hydrogens is 662 g/mol. The third kappa shape index (κ3) is 6.38. The van der Waals surface area contributed by atoms with E-state index in [9.17, 15) is 45.8 Å². The number of imide groups is 1. The van der Waals surface area contributed by atoms with Gasteiger partial charge in [0, 0.05) is 46.6 Å². The van der Waals surface area contributed by atoms with Gasteiger partial charge in [-0.25, -0.2) is 4.79 Å². The fourth-order valence-corrected chi connectivity index (χ4v) is 7.21. The summed E-state index contributed by atoms with van der Waals surface area (Å²) in [5.74, 6) is -1.07. The molecule has 1 aliphatic carbocycles. The van der Waals surface area contributed by atoms with Crippen LogP contribution in [0.1, 0.15) is 57.2 Å². The van der Waals surface area contributed by atoms with Gasteiger partial charge in [0.1, 0.15) is 12.1 Å². The summed E-state index contributed by atoms with van der Waals surface area (Å²) in [7, 11) is 0. The van der Waals surface area contributed by atoms with Crippen molar-refractivity contribution in [1.82, 2.24) is 15.1 Å². The highest BCUT2D eigenvalue weighted by molar-refractivity contribution is 8.00. The monoisotopic (exact) mass is 698 g/mol. The van der Waals surface area contributed by atoms with E-state index < -0.39 is 65.5 Å². The van der Waals surface area contributed by atoms with Crippen LogP contribution < -0.4 is 10.2 Å². The van der Waals surface area contributed by atoms with Crippen LogP contribution in [0.5, 0.6) is 0 Å².